The molecule has 0 saturated carbocycles. The average molecular weight is 618 g/mol. The number of nitrogens with zero attached hydrogens (tertiary/aromatic N) is 6. The van der Waals surface area contributed by atoms with E-state index in [1.807, 2.05) is 101 Å². The Hall–Kier alpha value is -4.95. The fraction of sp³-hybridized carbons (Fsp3) is 0.143. The van der Waals surface area contributed by atoms with Crippen LogP contribution in [0.4, 0.5) is 0 Å². The predicted octanol–water partition coefficient (Wildman–Crippen LogP) is 4.71. The monoisotopic (exact) mass is 617 g/mol. The Morgan fingerprint density at radius 3 is 1.20 bits per heavy atom. The molecule has 0 unspecified atom stereocenters. The molecule has 224 valence electrons. The third-order valence-corrected chi connectivity index (χ3v) is 8.46. The lowest BCUT2D eigenvalue weighted by Gasteiger charge is -2.09. The van der Waals surface area contributed by atoms with E-state index in [0.29, 0.717) is 30.4 Å². The number of hydrogen-bond acceptors (Lipinski definition) is 4. The molecule has 2 aromatic carbocycles. The first-order valence-electron chi connectivity index (χ1n) is 14.6. The second-order valence-corrected chi connectivity index (χ2v) is 12.8. The predicted molar refractivity (Wildman–Crippen MR) is 171 cm³/mol. The van der Waals surface area contributed by atoms with Crippen molar-refractivity contribution in [2.45, 2.75) is 13.0 Å². The van der Waals surface area contributed by atoms with Crippen molar-refractivity contribution in [3.63, 3.8) is 0 Å². The third kappa shape index (κ3) is 7.59. The van der Waals surface area contributed by atoms with E-state index < -0.39 is 7.60 Å². The van der Waals surface area contributed by atoms with Crippen LogP contribution in [0.3, 0.4) is 0 Å². The van der Waals surface area contributed by atoms with Gasteiger partial charge >= 0.3 is 7.60 Å². The van der Waals surface area contributed by atoms with E-state index in [9.17, 15) is 14.4 Å². The minimum absolute atomic E-state index is 0.148. The number of hydrogen-bond donors (Lipinski definition) is 2. The molecule has 0 aliphatic carbocycles. The molecule has 0 atom stereocenters. The van der Waals surface area contributed by atoms with Crippen LogP contribution in [0.25, 0.3) is 56.4 Å². The first-order valence-corrected chi connectivity index (χ1v) is 16.4. The summed E-state index contributed by atoms with van der Waals surface area (Å²) < 4.78 is 17.1. The van der Waals surface area contributed by atoms with Crippen molar-refractivity contribution in [1.29, 1.82) is 0 Å². The third-order valence-electron chi connectivity index (χ3n) is 7.56. The van der Waals surface area contributed by atoms with Crippen molar-refractivity contribution in [1.82, 2.24) is 15.0 Å². The normalized spacial score (nSPS) is 11.5. The van der Waals surface area contributed by atoms with Gasteiger partial charge in [-0.25, -0.2) is 28.7 Å². The van der Waals surface area contributed by atoms with Gasteiger partial charge < -0.3 is 9.79 Å². The zero-order chi connectivity index (χ0) is 31.4. The zero-order valence-electron chi connectivity index (χ0n) is 25.1. The summed E-state index contributed by atoms with van der Waals surface area (Å²) in [4.78, 5) is 33.0. The van der Waals surface area contributed by atoms with Crippen LogP contribution in [0, 0.1) is 0 Å². The number of pyridine rings is 3. The van der Waals surface area contributed by atoms with Crippen LogP contribution < -0.4 is 13.7 Å². The van der Waals surface area contributed by atoms with Crippen LogP contribution in [-0.4, -0.2) is 30.9 Å². The van der Waals surface area contributed by atoms with E-state index >= 15 is 0 Å². The summed E-state index contributed by atoms with van der Waals surface area (Å²) in [7, 11) is -0.0241. The van der Waals surface area contributed by atoms with E-state index in [2.05, 4.69) is 48.5 Å². The van der Waals surface area contributed by atoms with Gasteiger partial charge in [0.25, 0.3) is 0 Å². The molecule has 0 amide bonds. The van der Waals surface area contributed by atoms with Gasteiger partial charge in [0.15, 0.2) is 54.7 Å². The molecular formula is C35H34N6O3P+3. The summed E-state index contributed by atoms with van der Waals surface area (Å²) in [5.41, 5.74) is 7.03. The molecule has 2 N–H and O–H groups in total. The van der Waals surface area contributed by atoms with Gasteiger partial charge in [-0.15, -0.1) is 0 Å². The largest absolute Gasteiger partial charge is 0.325 e. The standard InChI is InChI=1S/C35H32N6O3P/c1-39-19-12-28(13-20-39)26-4-8-30(9-5-26)33-36-34(31-10-6-27(7-11-31)29-14-21-40(2)22-15-29)38-35(37-33)32-16-23-41(24-17-32)18-3-25-45(42,43)44/h4-17,19-24H,3,18,25H2,1-2H3/q+1/p+2. The average Bonchev–Trinajstić information content (AvgIpc) is 3.05. The Morgan fingerprint density at radius 1 is 0.511 bits per heavy atom. The molecule has 45 heavy (non-hydrogen) atoms. The van der Waals surface area contributed by atoms with Crippen LogP contribution in [-0.2, 0) is 25.2 Å². The second-order valence-electron chi connectivity index (χ2n) is 11.0. The van der Waals surface area contributed by atoms with Crippen LogP contribution in [0.5, 0.6) is 0 Å². The molecule has 4 aromatic heterocycles. The van der Waals surface area contributed by atoms with Gasteiger partial charge in [0.1, 0.15) is 20.6 Å². The van der Waals surface area contributed by atoms with Gasteiger partial charge in [-0.1, -0.05) is 48.5 Å². The number of benzene rings is 2. The van der Waals surface area contributed by atoms with Crippen LogP contribution >= 0.6 is 7.60 Å². The van der Waals surface area contributed by atoms with Crippen LogP contribution in [0.1, 0.15) is 6.42 Å². The first kappa shape index (κ1) is 30.1. The summed E-state index contributed by atoms with van der Waals surface area (Å²) in [6.45, 7) is 0.497. The zero-order valence-corrected chi connectivity index (χ0v) is 26.0. The molecule has 0 bridgehead atoms. The highest BCUT2D eigenvalue weighted by Gasteiger charge is 2.16. The van der Waals surface area contributed by atoms with Gasteiger partial charge in [0.2, 0.25) is 0 Å². The fourth-order valence-electron chi connectivity index (χ4n) is 4.99. The number of rotatable bonds is 9. The van der Waals surface area contributed by atoms with Crippen molar-refractivity contribution in [3.05, 3.63) is 122 Å². The quantitative estimate of drug-likeness (QED) is 0.180. The molecule has 0 aliphatic rings. The fourth-order valence-corrected chi connectivity index (χ4v) is 5.54. The summed E-state index contributed by atoms with van der Waals surface area (Å²) in [5.74, 6) is 1.68. The minimum Gasteiger partial charge on any atom is -0.324 e. The highest BCUT2D eigenvalue weighted by atomic mass is 31.2. The Balaban J connectivity index is 1.34. The molecule has 10 heteroatoms. The van der Waals surface area contributed by atoms with Gasteiger partial charge in [0, 0.05) is 59.5 Å². The molecule has 4 heterocycles. The van der Waals surface area contributed by atoms with Gasteiger partial charge in [-0.3, -0.25) is 4.57 Å². The van der Waals surface area contributed by atoms with E-state index in [1.54, 1.807) is 0 Å². The van der Waals surface area contributed by atoms with E-state index in [4.69, 9.17) is 15.0 Å². The maximum Gasteiger partial charge on any atom is 0.325 e. The molecule has 9 nitrogen and oxygen atoms in total. The van der Waals surface area contributed by atoms with Gasteiger partial charge in [-0.2, -0.15) is 0 Å². The molecule has 6 aromatic rings. The molecule has 0 spiro atoms. The lowest BCUT2D eigenvalue weighted by molar-refractivity contribution is -0.696. The Labute approximate surface area is 262 Å². The van der Waals surface area contributed by atoms with Crippen molar-refractivity contribution in [2.75, 3.05) is 6.16 Å². The molecule has 0 saturated heterocycles. The molecule has 6 rings (SSSR count). The molecule has 0 fully saturated rings. The maximum absolute atomic E-state index is 11.2. The Morgan fingerprint density at radius 2 is 0.822 bits per heavy atom. The number of aromatic nitrogens is 6. The van der Waals surface area contributed by atoms with E-state index in [1.165, 1.54) is 0 Å². The summed E-state index contributed by atoms with van der Waals surface area (Å²) >= 11 is 0. The topological polar surface area (TPSA) is 108 Å². The summed E-state index contributed by atoms with van der Waals surface area (Å²) in [6.07, 6.45) is 12.1. The molecule has 0 radical (unpaired) electrons. The smallest absolute Gasteiger partial charge is 0.324 e. The minimum atomic E-state index is -4.02. The second kappa shape index (κ2) is 13.0. The Bertz CT molecular complexity index is 1850. The van der Waals surface area contributed by atoms with Crippen molar-refractivity contribution in [2.24, 2.45) is 14.1 Å². The highest BCUT2D eigenvalue weighted by Crippen LogP contribution is 2.34. The summed E-state index contributed by atoms with van der Waals surface area (Å²) in [6, 6.07) is 28.6. The first-order chi connectivity index (χ1) is 21.7. The molecule has 0 aliphatic heterocycles. The van der Waals surface area contributed by atoms with Crippen molar-refractivity contribution < 1.29 is 28.1 Å². The highest BCUT2D eigenvalue weighted by molar-refractivity contribution is 7.51. The number of aryl methyl sites for hydroxylation is 3. The van der Waals surface area contributed by atoms with Crippen LogP contribution in [0.2, 0.25) is 0 Å². The van der Waals surface area contributed by atoms with Crippen molar-refractivity contribution in [3.8, 4) is 56.4 Å². The lowest BCUT2D eigenvalue weighted by atomic mass is 10.0. The van der Waals surface area contributed by atoms with Crippen molar-refractivity contribution >= 4 is 7.60 Å². The van der Waals surface area contributed by atoms with E-state index in [-0.39, 0.29) is 6.16 Å². The van der Waals surface area contributed by atoms with E-state index in [0.717, 1.165) is 38.9 Å². The lowest BCUT2D eigenvalue weighted by Crippen LogP contribution is -2.32. The Kier molecular flexibility index (Phi) is 8.67. The summed E-state index contributed by atoms with van der Waals surface area (Å²) in [5, 5.41) is 0. The van der Waals surface area contributed by atoms with Crippen LogP contribution in [0.15, 0.2) is 122 Å². The SMILES string of the molecule is C[n+]1ccc(-c2ccc(-c3nc(-c4ccc(-c5cc[n+](C)cc5)cc4)nc(-c4cc[n+](CCCP(=O)(O)O)cc4)n3)cc2)cc1. The van der Waals surface area contributed by atoms with Gasteiger partial charge in [-0.05, 0) is 22.3 Å². The molecular weight excluding hydrogens is 583 g/mol. The maximum atomic E-state index is 11.2. The van der Waals surface area contributed by atoms with Gasteiger partial charge in [0.05, 0.1) is 6.16 Å².